The lowest BCUT2D eigenvalue weighted by Gasteiger charge is -2.24. The van der Waals surface area contributed by atoms with Crippen molar-refractivity contribution < 1.29 is 9.59 Å². The van der Waals surface area contributed by atoms with Crippen molar-refractivity contribution in [1.29, 1.82) is 0 Å². The predicted molar refractivity (Wildman–Crippen MR) is 92.6 cm³/mol. The Morgan fingerprint density at radius 3 is 3.09 bits per heavy atom. The van der Waals surface area contributed by atoms with Crippen molar-refractivity contribution in [3.63, 3.8) is 0 Å². The van der Waals surface area contributed by atoms with Gasteiger partial charge in [-0.3, -0.25) is 4.79 Å². The van der Waals surface area contributed by atoms with Crippen molar-refractivity contribution in [2.45, 2.75) is 61.9 Å². The minimum absolute atomic E-state index is 0.0231. The zero-order valence-electron chi connectivity index (χ0n) is 13.8. The third kappa shape index (κ3) is 3.94. The van der Waals surface area contributed by atoms with Crippen molar-refractivity contribution in [2.24, 2.45) is 0 Å². The molecule has 0 bridgehead atoms. The first kappa shape index (κ1) is 16.9. The van der Waals surface area contributed by atoms with Crippen molar-refractivity contribution in [3.05, 3.63) is 0 Å². The number of nitrogens with one attached hydrogen (secondary N) is 3. The summed E-state index contributed by atoms with van der Waals surface area (Å²) >= 11 is 1.95. The molecule has 3 amide bonds. The van der Waals surface area contributed by atoms with Gasteiger partial charge >= 0.3 is 6.03 Å². The number of hydrogen-bond acceptors (Lipinski definition) is 4. The molecule has 0 saturated carbocycles. The Morgan fingerprint density at radius 2 is 2.26 bits per heavy atom. The van der Waals surface area contributed by atoms with E-state index in [-0.39, 0.29) is 12.1 Å². The first-order valence-electron chi connectivity index (χ1n) is 8.81. The number of urea groups is 1. The minimum atomic E-state index is -0.0231. The molecule has 0 aliphatic carbocycles. The van der Waals surface area contributed by atoms with E-state index in [0.717, 1.165) is 50.9 Å². The molecule has 23 heavy (non-hydrogen) atoms. The summed E-state index contributed by atoms with van der Waals surface area (Å²) in [5, 5.41) is 9.68. The number of hydrogen-bond donors (Lipinski definition) is 3. The van der Waals surface area contributed by atoms with E-state index in [0.29, 0.717) is 29.7 Å². The molecule has 3 N–H and O–H groups in total. The Labute approximate surface area is 142 Å². The molecular formula is C16H28N4O2S. The Kier molecular flexibility index (Phi) is 5.69. The maximum atomic E-state index is 12.4. The van der Waals surface area contributed by atoms with Gasteiger partial charge in [-0.15, -0.1) is 0 Å². The number of carbonyl (C=O) groups is 2. The van der Waals surface area contributed by atoms with E-state index in [2.05, 4.69) is 20.9 Å². The van der Waals surface area contributed by atoms with Gasteiger partial charge in [-0.25, -0.2) is 4.79 Å². The van der Waals surface area contributed by atoms with Crippen LogP contribution in [0.15, 0.2) is 0 Å². The van der Waals surface area contributed by atoms with Gasteiger partial charge in [-0.1, -0.05) is 6.42 Å². The monoisotopic (exact) mass is 340 g/mol. The molecular weight excluding hydrogens is 312 g/mol. The lowest BCUT2D eigenvalue weighted by molar-refractivity contribution is -0.132. The van der Waals surface area contributed by atoms with Gasteiger partial charge in [0.25, 0.3) is 0 Å². The highest BCUT2D eigenvalue weighted by atomic mass is 32.2. The lowest BCUT2D eigenvalue weighted by Crippen LogP contribution is -2.40. The van der Waals surface area contributed by atoms with Crippen molar-refractivity contribution in [2.75, 3.05) is 25.9 Å². The van der Waals surface area contributed by atoms with E-state index >= 15 is 0 Å². The molecule has 130 valence electrons. The van der Waals surface area contributed by atoms with Crippen LogP contribution in [0.3, 0.4) is 0 Å². The highest BCUT2D eigenvalue weighted by Gasteiger charge is 2.42. The maximum absolute atomic E-state index is 12.4. The van der Waals surface area contributed by atoms with Crippen LogP contribution in [-0.4, -0.2) is 66.1 Å². The number of likely N-dealkylation sites (tertiary alicyclic amines) is 1. The van der Waals surface area contributed by atoms with Crippen LogP contribution in [0, 0.1) is 0 Å². The Hall–Kier alpha value is -0.950. The second-order valence-corrected chi connectivity index (χ2v) is 8.08. The topological polar surface area (TPSA) is 73.5 Å². The number of amides is 3. The molecule has 3 aliphatic heterocycles. The van der Waals surface area contributed by atoms with Gasteiger partial charge in [0.1, 0.15) is 0 Å². The fourth-order valence-electron chi connectivity index (χ4n) is 4.02. The van der Waals surface area contributed by atoms with Crippen LogP contribution in [0.4, 0.5) is 4.79 Å². The van der Waals surface area contributed by atoms with E-state index in [9.17, 15) is 9.59 Å². The number of thioether (sulfide) groups is 1. The van der Waals surface area contributed by atoms with Crippen molar-refractivity contribution in [1.82, 2.24) is 20.9 Å². The molecule has 4 atom stereocenters. The minimum Gasteiger partial charge on any atom is -0.338 e. The van der Waals surface area contributed by atoms with Crippen LogP contribution in [0.5, 0.6) is 0 Å². The van der Waals surface area contributed by atoms with Crippen LogP contribution < -0.4 is 16.0 Å². The first-order valence-corrected chi connectivity index (χ1v) is 9.86. The molecule has 3 aliphatic rings. The van der Waals surface area contributed by atoms with E-state index in [1.807, 2.05) is 18.8 Å². The van der Waals surface area contributed by atoms with Gasteiger partial charge < -0.3 is 20.9 Å². The van der Waals surface area contributed by atoms with Crippen LogP contribution in [0.1, 0.15) is 38.5 Å². The molecule has 0 aromatic rings. The highest BCUT2D eigenvalue weighted by molar-refractivity contribution is 8.00. The maximum Gasteiger partial charge on any atom is 0.315 e. The lowest BCUT2D eigenvalue weighted by atomic mass is 10.0. The predicted octanol–water partition coefficient (Wildman–Crippen LogP) is 0.923. The first-order chi connectivity index (χ1) is 11.2. The van der Waals surface area contributed by atoms with Crippen LogP contribution >= 0.6 is 11.8 Å². The van der Waals surface area contributed by atoms with Crippen molar-refractivity contribution >= 4 is 23.7 Å². The van der Waals surface area contributed by atoms with Gasteiger partial charge in [-0.05, 0) is 32.7 Å². The van der Waals surface area contributed by atoms with Gasteiger partial charge in [0.15, 0.2) is 0 Å². The number of unbranched alkanes of at least 4 members (excludes halogenated alkanes) is 1. The standard InChI is InChI=1S/C16H28N4O2S/c1-17-9-11-5-4-8-20(11)14(21)7-3-2-6-13-15-12(10-23-13)18-16(22)19-15/h11-13,15,17H,2-10H2,1H3,(H2,18,19,22)/t11?,12-,13-,15-/m0/s1. The summed E-state index contributed by atoms with van der Waals surface area (Å²) in [5.41, 5.74) is 0. The van der Waals surface area contributed by atoms with Gasteiger partial charge in [0.2, 0.25) is 5.91 Å². The molecule has 7 heteroatoms. The van der Waals surface area contributed by atoms with Gasteiger partial charge in [0.05, 0.1) is 12.1 Å². The summed E-state index contributed by atoms with van der Waals surface area (Å²) in [4.78, 5) is 25.8. The Bertz CT molecular complexity index is 448. The third-order valence-corrected chi connectivity index (χ3v) is 6.71. The number of fused-ring (bicyclic) bond motifs is 1. The zero-order chi connectivity index (χ0) is 16.2. The van der Waals surface area contributed by atoms with E-state index in [1.165, 1.54) is 0 Å². The molecule has 1 unspecified atom stereocenters. The number of rotatable bonds is 7. The average Bonchev–Trinajstić information content (AvgIpc) is 3.20. The SMILES string of the molecule is CNCC1CCCN1C(=O)CCCC[C@@H]1SC[C@@H]2NC(=O)N[C@@H]21. The second-order valence-electron chi connectivity index (χ2n) is 6.81. The highest BCUT2D eigenvalue weighted by Crippen LogP contribution is 2.33. The summed E-state index contributed by atoms with van der Waals surface area (Å²) in [6.07, 6.45) is 6.02. The normalized spacial score (nSPS) is 32.7. The summed E-state index contributed by atoms with van der Waals surface area (Å²) in [6.45, 7) is 1.82. The fraction of sp³-hybridized carbons (Fsp3) is 0.875. The molecule has 0 radical (unpaired) electrons. The molecule has 0 aromatic carbocycles. The molecule has 3 saturated heterocycles. The smallest absolute Gasteiger partial charge is 0.315 e. The van der Waals surface area contributed by atoms with Gasteiger partial charge in [-0.2, -0.15) is 11.8 Å². The van der Waals surface area contributed by atoms with Crippen molar-refractivity contribution in [3.8, 4) is 0 Å². The Morgan fingerprint density at radius 1 is 1.39 bits per heavy atom. The van der Waals surface area contributed by atoms with Crippen LogP contribution in [0.25, 0.3) is 0 Å². The van der Waals surface area contributed by atoms with Gasteiger partial charge in [0, 0.05) is 36.6 Å². The molecule has 3 heterocycles. The summed E-state index contributed by atoms with van der Waals surface area (Å²) in [5.74, 6) is 1.32. The molecule has 3 rings (SSSR count). The van der Waals surface area contributed by atoms with E-state index in [4.69, 9.17) is 0 Å². The average molecular weight is 340 g/mol. The summed E-state index contributed by atoms with van der Waals surface area (Å²) in [7, 11) is 1.95. The molecule has 0 spiro atoms. The molecule has 6 nitrogen and oxygen atoms in total. The second kappa shape index (κ2) is 7.75. The fourth-order valence-corrected chi connectivity index (χ4v) is 5.56. The third-order valence-electron chi connectivity index (χ3n) is 5.20. The summed E-state index contributed by atoms with van der Waals surface area (Å²) in [6, 6.07) is 0.941. The quantitative estimate of drug-likeness (QED) is 0.476. The number of likely N-dealkylation sites (N-methyl/N-ethyl adjacent to an activating group) is 1. The largest absolute Gasteiger partial charge is 0.338 e. The van der Waals surface area contributed by atoms with Crippen LogP contribution in [0.2, 0.25) is 0 Å². The molecule has 0 aromatic heterocycles. The number of nitrogens with zero attached hydrogens (tertiary/aromatic N) is 1. The summed E-state index contributed by atoms with van der Waals surface area (Å²) < 4.78 is 0. The zero-order valence-corrected chi connectivity index (χ0v) is 14.7. The molecule has 3 fully saturated rings. The van der Waals surface area contributed by atoms with E-state index < -0.39 is 0 Å². The number of carbonyl (C=O) groups excluding carboxylic acids is 2. The Balaban J connectivity index is 1.35. The van der Waals surface area contributed by atoms with E-state index in [1.54, 1.807) is 0 Å². The van der Waals surface area contributed by atoms with Crippen LogP contribution in [-0.2, 0) is 4.79 Å².